The maximum Gasteiger partial charge on any atom is 0.204 e. The Morgan fingerprint density at radius 3 is 2.58 bits per heavy atom. The van der Waals surface area contributed by atoms with Crippen LogP contribution in [-0.2, 0) is 12.8 Å². The molecule has 0 bridgehead atoms. The highest BCUT2D eigenvalue weighted by atomic mass is 32.1. The number of aliphatic imine (C=N–C) groups is 1. The summed E-state index contributed by atoms with van der Waals surface area (Å²) in [5, 5.41) is 17.1. The molecule has 2 atom stereocenters. The topological polar surface area (TPSA) is 63.5 Å². The molecular formula is C20H27N5S. The first-order valence-electron chi connectivity index (χ1n) is 8.77. The Morgan fingerprint density at radius 1 is 1.19 bits per heavy atom. The lowest BCUT2D eigenvalue weighted by Crippen LogP contribution is -2.42. The Balaban J connectivity index is 1.97. The highest BCUT2D eigenvalue weighted by molar-refractivity contribution is 7.09. The molecule has 1 aromatic carbocycles. The molecule has 0 saturated carbocycles. The summed E-state index contributed by atoms with van der Waals surface area (Å²) < 4.78 is 0. The van der Waals surface area contributed by atoms with Gasteiger partial charge < -0.3 is 10.2 Å². The van der Waals surface area contributed by atoms with Gasteiger partial charge in [-0.05, 0) is 44.4 Å². The summed E-state index contributed by atoms with van der Waals surface area (Å²) in [6.07, 6.45) is 3.81. The summed E-state index contributed by atoms with van der Waals surface area (Å²) >= 11 is 1.74. The number of benzene rings is 1. The number of likely N-dealkylation sites (N-methyl/N-ethyl adjacent to an activating group) is 1. The summed E-state index contributed by atoms with van der Waals surface area (Å²) in [5.74, 6) is 0.538. The van der Waals surface area contributed by atoms with Crippen molar-refractivity contribution in [1.29, 1.82) is 5.26 Å². The molecule has 1 aromatic heterocycles. The first-order valence-corrected chi connectivity index (χ1v) is 9.65. The van der Waals surface area contributed by atoms with Crippen molar-refractivity contribution >= 4 is 17.3 Å². The summed E-state index contributed by atoms with van der Waals surface area (Å²) in [6, 6.07) is 15.1. The SMILES string of the molecule is CC(Cc1cccs1)NC(=NC[C@H](Cc1ccccc1)N(C)C)NC#N. The Hall–Kier alpha value is -2.36. The molecule has 2 aromatic rings. The summed E-state index contributed by atoms with van der Waals surface area (Å²) in [5.41, 5.74) is 1.29. The first kappa shape index (κ1) is 20.0. The van der Waals surface area contributed by atoms with E-state index in [1.54, 1.807) is 11.3 Å². The van der Waals surface area contributed by atoms with Gasteiger partial charge in [0, 0.05) is 23.4 Å². The van der Waals surface area contributed by atoms with Crippen molar-refractivity contribution in [2.24, 2.45) is 4.99 Å². The number of guanidine groups is 1. The number of nitriles is 1. The predicted octanol–water partition coefficient (Wildman–Crippen LogP) is 2.87. The Morgan fingerprint density at radius 2 is 1.96 bits per heavy atom. The van der Waals surface area contributed by atoms with E-state index in [1.807, 2.05) is 12.3 Å². The average molecular weight is 370 g/mol. The third-order valence-electron chi connectivity index (χ3n) is 4.15. The van der Waals surface area contributed by atoms with Gasteiger partial charge in [0.25, 0.3) is 0 Å². The van der Waals surface area contributed by atoms with Crippen LogP contribution in [0.4, 0.5) is 0 Å². The highest BCUT2D eigenvalue weighted by Crippen LogP contribution is 2.11. The molecule has 0 fully saturated rings. The van der Waals surface area contributed by atoms with E-state index in [0.717, 1.165) is 12.8 Å². The van der Waals surface area contributed by atoms with Crippen LogP contribution in [0.5, 0.6) is 0 Å². The fraction of sp³-hybridized carbons (Fsp3) is 0.400. The van der Waals surface area contributed by atoms with Crippen LogP contribution >= 0.6 is 11.3 Å². The molecule has 0 amide bonds. The Bertz CT molecular complexity index is 704. The third kappa shape index (κ3) is 6.87. The van der Waals surface area contributed by atoms with Gasteiger partial charge in [0.1, 0.15) is 0 Å². The Labute approximate surface area is 160 Å². The molecule has 26 heavy (non-hydrogen) atoms. The normalized spacial score (nSPS) is 13.9. The second-order valence-electron chi connectivity index (χ2n) is 6.56. The van der Waals surface area contributed by atoms with Crippen LogP contribution < -0.4 is 10.6 Å². The molecule has 138 valence electrons. The van der Waals surface area contributed by atoms with Crippen LogP contribution in [0.15, 0.2) is 52.8 Å². The van der Waals surface area contributed by atoms with Crippen molar-refractivity contribution in [2.45, 2.75) is 31.8 Å². The minimum absolute atomic E-state index is 0.195. The van der Waals surface area contributed by atoms with Crippen molar-refractivity contribution < 1.29 is 0 Å². The van der Waals surface area contributed by atoms with Gasteiger partial charge in [-0.15, -0.1) is 11.3 Å². The van der Waals surface area contributed by atoms with Crippen LogP contribution in [0.25, 0.3) is 0 Å². The van der Waals surface area contributed by atoms with Crippen LogP contribution in [0.3, 0.4) is 0 Å². The second kappa shape index (κ2) is 10.6. The zero-order valence-corrected chi connectivity index (χ0v) is 16.5. The lowest BCUT2D eigenvalue weighted by Gasteiger charge is -2.23. The van der Waals surface area contributed by atoms with Crippen molar-refractivity contribution in [3.63, 3.8) is 0 Å². The minimum atomic E-state index is 0.195. The Kier molecular flexibility index (Phi) is 8.13. The van der Waals surface area contributed by atoms with E-state index in [2.05, 4.69) is 83.3 Å². The molecule has 0 aliphatic rings. The predicted molar refractivity (Wildman–Crippen MR) is 109 cm³/mol. The fourth-order valence-corrected chi connectivity index (χ4v) is 3.52. The molecule has 0 saturated heterocycles. The van der Waals surface area contributed by atoms with E-state index < -0.39 is 0 Å². The standard InChI is InChI=1S/C20H27N5S/c1-16(12-19-10-7-11-26-19)24-20(23-15-21)22-14-18(25(2)3)13-17-8-5-4-6-9-17/h4-11,16,18H,12-14H2,1-3H3,(H2,22,23,24)/t16?,18-/m0/s1. The van der Waals surface area contributed by atoms with Gasteiger partial charge in [-0.25, -0.2) is 0 Å². The van der Waals surface area contributed by atoms with Crippen LogP contribution in [0.2, 0.25) is 0 Å². The quantitative estimate of drug-likeness (QED) is 0.325. The van der Waals surface area contributed by atoms with Gasteiger partial charge in [0.05, 0.1) is 6.54 Å². The van der Waals surface area contributed by atoms with Gasteiger partial charge in [-0.3, -0.25) is 10.3 Å². The van der Waals surface area contributed by atoms with Crippen LogP contribution in [-0.4, -0.2) is 43.6 Å². The molecule has 1 unspecified atom stereocenters. The van der Waals surface area contributed by atoms with E-state index >= 15 is 0 Å². The second-order valence-corrected chi connectivity index (χ2v) is 7.59. The number of hydrogen-bond acceptors (Lipinski definition) is 4. The lowest BCUT2D eigenvalue weighted by molar-refractivity contribution is 0.298. The van der Waals surface area contributed by atoms with Gasteiger partial charge in [0.15, 0.2) is 6.19 Å². The molecule has 0 aliphatic heterocycles. The van der Waals surface area contributed by atoms with Gasteiger partial charge in [-0.1, -0.05) is 36.4 Å². The number of nitrogens with one attached hydrogen (secondary N) is 2. The van der Waals surface area contributed by atoms with Gasteiger partial charge in [-0.2, -0.15) is 5.26 Å². The van der Waals surface area contributed by atoms with Gasteiger partial charge in [0.2, 0.25) is 5.96 Å². The molecule has 1 heterocycles. The van der Waals surface area contributed by atoms with Crippen molar-refractivity contribution in [1.82, 2.24) is 15.5 Å². The van der Waals surface area contributed by atoms with Crippen molar-refractivity contribution in [3.05, 3.63) is 58.3 Å². The molecular weight excluding hydrogens is 342 g/mol. The zero-order valence-electron chi connectivity index (χ0n) is 15.6. The molecule has 2 rings (SSSR count). The molecule has 0 spiro atoms. The summed E-state index contributed by atoms with van der Waals surface area (Å²) in [7, 11) is 4.13. The van der Waals surface area contributed by atoms with Crippen molar-refractivity contribution in [2.75, 3.05) is 20.6 Å². The van der Waals surface area contributed by atoms with Gasteiger partial charge >= 0.3 is 0 Å². The molecule has 6 heteroatoms. The van der Waals surface area contributed by atoms with Crippen LogP contribution in [0.1, 0.15) is 17.4 Å². The monoisotopic (exact) mass is 369 g/mol. The highest BCUT2D eigenvalue weighted by Gasteiger charge is 2.13. The summed E-state index contributed by atoms with van der Waals surface area (Å²) in [4.78, 5) is 8.13. The number of hydrogen-bond donors (Lipinski definition) is 2. The smallest absolute Gasteiger partial charge is 0.204 e. The minimum Gasteiger partial charge on any atom is -0.353 e. The number of thiophene rings is 1. The summed E-state index contributed by atoms with van der Waals surface area (Å²) in [6.45, 7) is 2.71. The zero-order chi connectivity index (χ0) is 18.8. The fourth-order valence-electron chi connectivity index (χ4n) is 2.68. The average Bonchev–Trinajstić information content (AvgIpc) is 3.12. The van der Waals surface area contributed by atoms with Crippen LogP contribution in [0, 0.1) is 11.5 Å². The number of rotatable bonds is 8. The van der Waals surface area contributed by atoms with E-state index in [0.29, 0.717) is 12.5 Å². The first-order chi connectivity index (χ1) is 12.6. The maximum atomic E-state index is 9.03. The van der Waals surface area contributed by atoms with Crippen molar-refractivity contribution in [3.8, 4) is 6.19 Å². The van der Waals surface area contributed by atoms with E-state index in [9.17, 15) is 0 Å². The van der Waals surface area contributed by atoms with E-state index in [1.165, 1.54) is 10.4 Å². The molecule has 0 aliphatic carbocycles. The lowest BCUT2D eigenvalue weighted by atomic mass is 10.1. The maximum absolute atomic E-state index is 9.03. The largest absolute Gasteiger partial charge is 0.353 e. The van der Waals surface area contributed by atoms with E-state index in [4.69, 9.17) is 5.26 Å². The van der Waals surface area contributed by atoms with E-state index in [-0.39, 0.29) is 12.1 Å². The molecule has 5 nitrogen and oxygen atoms in total. The molecule has 0 radical (unpaired) electrons. The number of nitrogens with zero attached hydrogens (tertiary/aromatic N) is 3. The third-order valence-corrected chi connectivity index (χ3v) is 5.05. The molecule has 2 N–H and O–H groups in total.